The van der Waals surface area contributed by atoms with Crippen molar-refractivity contribution < 1.29 is 0 Å². The predicted octanol–water partition coefficient (Wildman–Crippen LogP) is 1.37. The highest BCUT2D eigenvalue weighted by molar-refractivity contribution is 6.50. The molecule has 0 aliphatic rings. The largest absolute Gasteiger partial charge is 0.0380 e. The molecule has 0 saturated carbocycles. The summed E-state index contributed by atoms with van der Waals surface area (Å²) in [7, 11) is 0. The van der Waals surface area contributed by atoms with Crippen LogP contribution < -0.4 is 0 Å². The summed E-state index contributed by atoms with van der Waals surface area (Å²) >= 11 is 13.9. The normalized spacial score (nSPS) is 7.20. The van der Waals surface area contributed by atoms with Crippen LogP contribution in [0.15, 0.2) is 0 Å². The van der Waals surface area contributed by atoms with Crippen molar-refractivity contribution in [2.45, 2.75) is 0 Å². The third kappa shape index (κ3) is 51.2. The maximum absolute atomic E-state index is 4.64. The summed E-state index contributed by atoms with van der Waals surface area (Å²) in [5.41, 5.74) is 0. The fraction of sp³-hybridized carbons (Fsp3) is 0. The molecule has 0 N–H and O–H groups in total. The van der Waals surface area contributed by atoms with E-state index >= 15 is 0 Å². The molecule has 3 radical (unpaired) electrons. The molecule has 0 atom stereocenters. The number of nitrogens with zero attached hydrogens (tertiary/aromatic N) is 1. The summed E-state index contributed by atoms with van der Waals surface area (Å²) in [6, 6.07) is 0. The van der Waals surface area contributed by atoms with Crippen LogP contribution in [0.2, 0.25) is 0 Å². The van der Waals surface area contributed by atoms with Crippen molar-refractivity contribution in [3.8, 4) is 0 Å². The average Bonchev–Trinajstić information content (AvgIpc) is 0.811. The third-order valence-electron chi connectivity index (χ3n) is 0. The van der Waals surface area contributed by atoms with Crippen molar-refractivity contribution in [1.29, 1.82) is 0 Å². The fourth-order valence-corrected chi connectivity index (χ4v) is 0. The molecule has 0 saturated heterocycles. The topological polar surface area (TPSA) is 3.24 Å². The van der Waals surface area contributed by atoms with Crippen LogP contribution in [-0.2, 0) is 0 Å². The highest BCUT2D eigenvalue weighted by Crippen LogP contribution is 1.99. The van der Waals surface area contributed by atoms with Gasteiger partial charge in [0.2, 0.25) is 0 Å². The van der Waals surface area contributed by atoms with Crippen molar-refractivity contribution in [3.05, 3.63) is 0 Å². The smallest absolute Gasteiger partial charge is 0.0127 e. The van der Waals surface area contributed by atoms with Gasteiger partial charge in [0, 0.05) is 43.7 Å². The molecule has 0 spiro atoms. The van der Waals surface area contributed by atoms with Gasteiger partial charge < -0.3 is 0 Å². The molecule has 0 aromatic carbocycles. The minimum Gasteiger partial charge on any atom is -0.0380 e. The molecule has 0 amide bonds. The lowest BCUT2D eigenvalue weighted by molar-refractivity contribution is 1.20. The molecular weight excluding hydrogens is 131 g/mol. The molecular formula is BCl3N. The van der Waals surface area contributed by atoms with Crippen LogP contribution >= 0.6 is 35.3 Å². The van der Waals surface area contributed by atoms with Gasteiger partial charge in [-0.2, -0.15) is 0 Å². The van der Waals surface area contributed by atoms with E-state index in [2.05, 4.69) is 35.3 Å². The second kappa shape index (κ2) is 4.89. The zero-order valence-corrected chi connectivity index (χ0v) is 4.43. The maximum Gasteiger partial charge on any atom is 0.0127 e. The Morgan fingerprint density at radius 2 is 1.00 bits per heavy atom. The van der Waals surface area contributed by atoms with E-state index in [9.17, 15) is 0 Å². The van der Waals surface area contributed by atoms with E-state index in [1.54, 1.807) is 0 Å². The van der Waals surface area contributed by atoms with Crippen molar-refractivity contribution in [3.63, 3.8) is 0 Å². The average molecular weight is 131 g/mol. The van der Waals surface area contributed by atoms with Gasteiger partial charge in [-0.1, -0.05) is 0 Å². The summed E-state index contributed by atoms with van der Waals surface area (Å²) < 4.78 is 0.417. The van der Waals surface area contributed by atoms with Crippen LogP contribution in [0.4, 0.5) is 0 Å². The molecule has 0 rings (SSSR count). The van der Waals surface area contributed by atoms with E-state index in [1.165, 1.54) is 0 Å². The first-order valence-electron chi connectivity index (χ1n) is 0.507. The van der Waals surface area contributed by atoms with E-state index in [4.69, 9.17) is 0 Å². The standard InChI is InChI=1S/B.Cl3N/c;1-4(2)3. The van der Waals surface area contributed by atoms with Crippen molar-refractivity contribution in [2.75, 3.05) is 0 Å². The van der Waals surface area contributed by atoms with Gasteiger partial charge in [0.1, 0.15) is 0 Å². The van der Waals surface area contributed by atoms with Crippen LogP contribution in [-0.4, -0.2) is 11.9 Å². The molecule has 0 aliphatic carbocycles. The molecule has 1 nitrogen and oxygen atoms in total. The number of halogens is 3. The van der Waals surface area contributed by atoms with Gasteiger partial charge in [-0.05, 0) is 3.46 Å². The Morgan fingerprint density at radius 1 is 1.00 bits per heavy atom. The highest BCUT2D eigenvalue weighted by Gasteiger charge is 1.72. The second-order valence-electron chi connectivity index (χ2n) is 0.192. The van der Waals surface area contributed by atoms with Crippen LogP contribution in [0.25, 0.3) is 0 Å². The first kappa shape index (κ1) is 9.31. The van der Waals surface area contributed by atoms with Crippen LogP contribution in [0, 0.1) is 0 Å². The van der Waals surface area contributed by atoms with Crippen molar-refractivity contribution in [2.24, 2.45) is 0 Å². The number of hydrogen-bond acceptors (Lipinski definition) is 1. The van der Waals surface area contributed by atoms with Gasteiger partial charge >= 0.3 is 0 Å². The molecule has 0 aromatic rings. The molecule has 0 unspecified atom stereocenters. The van der Waals surface area contributed by atoms with Crippen LogP contribution in [0.5, 0.6) is 0 Å². The second-order valence-corrected chi connectivity index (χ2v) is 1.72. The Labute approximate surface area is 47.7 Å². The number of hydrogen-bond donors (Lipinski definition) is 0. The third-order valence-corrected chi connectivity index (χ3v) is 0. The van der Waals surface area contributed by atoms with Gasteiger partial charge in [0.25, 0.3) is 0 Å². The Bertz CT molecular complexity index is 11.6. The SMILES string of the molecule is ClN(Cl)Cl.[B]. The molecule has 0 heterocycles. The molecule has 5 heavy (non-hydrogen) atoms. The van der Waals surface area contributed by atoms with Gasteiger partial charge in [-0.3, -0.25) is 0 Å². The lowest BCUT2D eigenvalue weighted by atomic mass is 10.8. The van der Waals surface area contributed by atoms with E-state index < -0.39 is 0 Å². The zero-order valence-electron chi connectivity index (χ0n) is 2.16. The summed E-state index contributed by atoms with van der Waals surface area (Å²) in [4.78, 5) is 0. The van der Waals surface area contributed by atoms with Gasteiger partial charge in [0.15, 0.2) is 0 Å². The van der Waals surface area contributed by atoms with E-state index in [0.717, 1.165) is 0 Å². The molecule has 0 aliphatic heterocycles. The molecule has 0 fully saturated rings. The Kier molecular flexibility index (Phi) is 9.11. The first-order valence-corrected chi connectivity index (χ1v) is 1.52. The quantitative estimate of drug-likeness (QED) is 0.354. The monoisotopic (exact) mass is 130 g/mol. The van der Waals surface area contributed by atoms with E-state index in [-0.39, 0.29) is 8.41 Å². The van der Waals surface area contributed by atoms with Crippen molar-refractivity contribution in [1.82, 2.24) is 3.46 Å². The van der Waals surface area contributed by atoms with Crippen LogP contribution in [0.1, 0.15) is 0 Å². The molecule has 29 valence electrons. The lowest BCUT2D eigenvalue weighted by Gasteiger charge is -1.74. The number of rotatable bonds is 0. The Balaban J connectivity index is 0. The van der Waals surface area contributed by atoms with Crippen LogP contribution in [0.3, 0.4) is 0 Å². The Morgan fingerprint density at radius 3 is 1.00 bits per heavy atom. The van der Waals surface area contributed by atoms with Crippen molar-refractivity contribution >= 4 is 43.7 Å². The molecule has 0 aromatic heterocycles. The van der Waals surface area contributed by atoms with E-state index in [0.29, 0.717) is 3.46 Å². The van der Waals surface area contributed by atoms with E-state index in [1.807, 2.05) is 0 Å². The highest BCUT2D eigenvalue weighted by atomic mass is 35.6. The summed E-state index contributed by atoms with van der Waals surface area (Å²) in [5, 5.41) is 0. The summed E-state index contributed by atoms with van der Waals surface area (Å²) in [6.45, 7) is 0. The minimum atomic E-state index is 0. The molecule has 5 heteroatoms. The lowest BCUT2D eigenvalue weighted by Crippen LogP contribution is -1.62. The Hall–Kier alpha value is 0.895. The minimum absolute atomic E-state index is 0. The molecule has 0 bridgehead atoms. The van der Waals surface area contributed by atoms with Gasteiger partial charge in [0.05, 0.1) is 0 Å². The fourth-order valence-electron chi connectivity index (χ4n) is 0. The first-order chi connectivity index (χ1) is 1.73. The van der Waals surface area contributed by atoms with Gasteiger partial charge in [-0.25, -0.2) is 0 Å². The zero-order chi connectivity index (χ0) is 3.58. The maximum atomic E-state index is 4.64. The van der Waals surface area contributed by atoms with Gasteiger partial charge in [-0.15, -0.1) is 0 Å². The predicted molar refractivity (Wildman–Crippen MR) is 25.2 cm³/mol. The summed E-state index contributed by atoms with van der Waals surface area (Å²) in [5.74, 6) is 0. The summed E-state index contributed by atoms with van der Waals surface area (Å²) in [6.07, 6.45) is 0.